The van der Waals surface area contributed by atoms with Gasteiger partial charge >= 0.3 is 5.97 Å². The summed E-state index contributed by atoms with van der Waals surface area (Å²) >= 11 is 3.00. The molecule has 0 aliphatic carbocycles. The van der Waals surface area contributed by atoms with Crippen molar-refractivity contribution in [3.8, 4) is 0 Å². The Morgan fingerprint density at radius 3 is 2.80 bits per heavy atom. The lowest BCUT2D eigenvalue weighted by Gasteiger charge is -2.11. The zero-order valence-electron chi connectivity index (χ0n) is 8.04. The van der Waals surface area contributed by atoms with Crippen LogP contribution in [0.4, 0.5) is 4.39 Å². The number of ether oxygens (including phenoxy) is 1. The molecule has 1 atom stereocenters. The van der Waals surface area contributed by atoms with Gasteiger partial charge in [-0.25, -0.2) is 4.39 Å². The number of hydrogen-bond donors (Lipinski definition) is 1. The summed E-state index contributed by atoms with van der Waals surface area (Å²) in [6.07, 6.45) is 0. The van der Waals surface area contributed by atoms with Gasteiger partial charge in [-0.2, -0.15) is 0 Å². The number of halogens is 2. The van der Waals surface area contributed by atoms with Crippen LogP contribution in [0.3, 0.4) is 0 Å². The molecule has 0 saturated heterocycles. The molecule has 0 radical (unpaired) electrons. The average Bonchev–Trinajstić information content (AvgIpc) is 2.18. The molecule has 1 aromatic carbocycles. The summed E-state index contributed by atoms with van der Waals surface area (Å²) in [7, 11) is 1.41. The molecule has 0 bridgehead atoms. The van der Waals surface area contributed by atoms with Gasteiger partial charge in [0.2, 0.25) is 0 Å². The second-order valence-corrected chi connectivity index (χ2v) is 3.87. The van der Waals surface area contributed by atoms with Crippen molar-refractivity contribution in [1.82, 2.24) is 0 Å². The fourth-order valence-corrected chi connectivity index (χ4v) is 1.45. The Morgan fingerprint density at radius 2 is 2.33 bits per heavy atom. The molecule has 0 amide bonds. The van der Waals surface area contributed by atoms with Gasteiger partial charge in [0.25, 0.3) is 0 Å². The highest BCUT2D eigenvalue weighted by Gasteiger charge is 2.20. The molecule has 5 heteroatoms. The first-order valence-electron chi connectivity index (χ1n) is 4.23. The van der Waals surface area contributed by atoms with Crippen LogP contribution in [0.5, 0.6) is 0 Å². The summed E-state index contributed by atoms with van der Waals surface area (Å²) in [5.74, 6) is -2.34. The van der Waals surface area contributed by atoms with E-state index in [2.05, 4.69) is 15.9 Å². The maximum atomic E-state index is 13.2. The van der Waals surface area contributed by atoms with Gasteiger partial charge in [0.05, 0.1) is 11.1 Å². The highest BCUT2D eigenvalue weighted by atomic mass is 79.9. The normalized spacial score (nSPS) is 12.5. The minimum atomic E-state index is -1.03. The molecule has 15 heavy (non-hydrogen) atoms. The Kier molecular flexibility index (Phi) is 4.23. The standard InChI is InChI=1S/C10H10BrFO3/c1-15-5-7(10(13)14)6-2-3-8(11)9(12)4-6/h2-4,7H,5H2,1H3,(H,13,14). The highest BCUT2D eigenvalue weighted by molar-refractivity contribution is 9.10. The van der Waals surface area contributed by atoms with Gasteiger partial charge in [-0.3, -0.25) is 4.79 Å². The van der Waals surface area contributed by atoms with Crippen LogP contribution in [0.1, 0.15) is 11.5 Å². The third-order valence-corrected chi connectivity index (χ3v) is 2.62. The van der Waals surface area contributed by atoms with E-state index in [0.29, 0.717) is 10.0 Å². The summed E-state index contributed by atoms with van der Waals surface area (Å²) in [4.78, 5) is 10.9. The van der Waals surface area contributed by atoms with Crippen LogP contribution in [0, 0.1) is 5.82 Å². The van der Waals surface area contributed by atoms with Crippen molar-refractivity contribution in [2.75, 3.05) is 13.7 Å². The lowest BCUT2D eigenvalue weighted by Crippen LogP contribution is -2.17. The molecule has 0 fully saturated rings. The molecule has 0 heterocycles. The van der Waals surface area contributed by atoms with E-state index in [0.717, 1.165) is 0 Å². The van der Waals surface area contributed by atoms with Crippen molar-refractivity contribution >= 4 is 21.9 Å². The first-order chi connectivity index (χ1) is 7.06. The largest absolute Gasteiger partial charge is 0.481 e. The maximum Gasteiger partial charge on any atom is 0.313 e. The van der Waals surface area contributed by atoms with E-state index in [4.69, 9.17) is 9.84 Å². The molecule has 3 nitrogen and oxygen atoms in total. The van der Waals surface area contributed by atoms with Gasteiger partial charge in [0.15, 0.2) is 0 Å². The van der Waals surface area contributed by atoms with Gasteiger partial charge in [-0.15, -0.1) is 0 Å². The predicted molar refractivity (Wildman–Crippen MR) is 56.4 cm³/mol. The van der Waals surface area contributed by atoms with Gasteiger partial charge < -0.3 is 9.84 Å². The second-order valence-electron chi connectivity index (χ2n) is 3.02. The van der Waals surface area contributed by atoms with Crippen molar-refractivity contribution in [2.45, 2.75) is 5.92 Å². The van der Waals surface area contributed by atoms with E-state index in [-0.39, 0.29) is 6.61 Å². The van der Waals surface area contributed by atoms with E-state index in [9.17, 15) is 9.18 Å². The van der Waals surface area contributed by atoms with Crippen molar-refractivity contribution in [2.24, 2.45) is 0 Å². The molecule has 0 saturated carbocycles. The minimum Gasteiger partial charge on any atom is -0.481 e. The van der Waals surface area contributed by atoms with Crippen LogP contribution >= 0.6 is 15.9 Å². The van der Waals surface area contributed by atoms with Gasteiger partial charge in [-0.05, 0) is 33.6 Å². The predicted octanol–water partition coefficient (Wildman–Crippen LogP) is 2.40. The van der Waals surface area contributed by atoms with Crippen molar-refractivity contribution in [1.29, 1.82) is 0 Å². The Bertz CT molecular complexity index is 368. The zero-order chi connectivity index (χ0) is 11.4. The zero-order valence-corrected chi connectivity index (χ0v) is 9.62. The van der Waals surface area contributed by atoms with E-state index < -0.39 is 17.7 Å². The molecule has 82 valence electrons. The molecule has 1 N–H and O–H groups in total. The Hall–Kier alpha value is -0.940. The molecular formula is C10H10BrFO3. The number of aliphatic carboxylic acids is 1. The first-order valence-corrected chi connectivity index (χ1v) is 5.02. The van der Waals surface area contributed by atoms with Crippen LogP contribution in [0.2, 0.25) is 0 Å². The van der Waals surface area contributed by atoms with E-state index in [1.54, 1.807) is 6.07 Å². The highest BCUT2D eigenvalue weighted by Crippen LogP contribution is 2.22. The lowest BCUT2D eigenvalue weighted by molar-refractivity contribution is -0.140. The number of carboxylic acid groups (broad SMARTS) is 1. The van der Waals surface area contributed by atoms with Gasteiger partial charge in [0.1, 0.15) is 11.7 Å². The monoisotopic (exact) mass is 276 g/mol. The number of methoxy groups -OCH3 is 1. The Morgan fingerprint density at radius 1 is 1.67 bits per heavy atom. The summed E-state index contributed by atoms with van der Waals surface area (Å²) < 4.78 is 18.3. The molecule has 1 aromatic rings. The van der Waals surface area contributed by atoms with Crippen molar-refractivity contribution < 1.29 is 19.0 Å². The molecule has 0 spiro atoms. The number of carbonyl (C=O) groups is 1. The van der Waals surface area contributed by atoms with E-state index >= 15 is 0 Å². The van der Waals surface area contributed by atoms with Gasteiger partial charge in [0, 0.05) is 7.11 Å². The van der Waals surface area contributed by atoms with Crippen LogP contribution in [-0.4, -0.2) is 24.8 Å². The fourth-order valence-electron chi connectivity index (χ4n) is 1.21. The van der Waals surface area contributed by atoms with Crippen LogP contribution in [0.25, 0.3) is 0 Å². The molecular weight excluding hydrogens is 267 g/mol. The van der Waals surface area contributed by atoms with Crippen LogP contribution in [-0.2, 0) is 9.53 Å². The quantitative estimate of drug-likeness (QED) is 0.919. The number of rotatable bonds is 4. The maximum absolute atomic E-state index is 13.2. The van der Waals surface area contributed by atoms with Crippen LogP contribution in [0.15, 0.2) is 22.7 Å². The summed E-state index contributed by atoms with van der Waals surface area (Å²) in [5, 5.41) is 8.90. The minimum absolute atomic E-state index is 0.0242. The molecule has 1 unspecified atom stereocenters. The molecule has 0 aliphatic rings. The van der Waals surface area contributed by atoms with Crippen LogP contribution < -0.4 is 0 Å². The second kappa shape index (κ2) is 5.23. The fraction of sp³-hybridized carbons (Fsp3) is 0.300. The topological polar surface area (TPSA) is 46.5 Å². The summed E-state index contributed by atoms with van der Waals surface area (Å²) in [6.45, 7) is 0.0242. The molecule has 0 aromatic heterocycles. The average molecular weight is 277 g/mol. The number of carboxylic acids is 1. The smallest absolute Gasteiger partial charge is 0.313 e. The van der Waals surface area contributed by atoms with Gasteiger partial charge in [-0.1, -0.05) is 6.07 Å². The Labute approximate surface area is 95.0 Å². The summed E-state index contributed by atoms with van der Waals surface area (Å²) in [5.41, 5.74) is 0.394. The lowest BCUT2D eigenvalue weighted by atomic mass is 10.0. The first kappa shape index (κ1) is 12.1. The van der Waals surface area contributed by atoms with Crippen molar-refractivity contribution in [3.63, 3.8) is 0 Å². The number of hydrogen-bond acceptors (Lipinski definition) is 2. The molecule has 1 rings (SSSR count). The third kappa shape index (κ3) is 3.00. The number of benzene rings is 1. The molecule has 0 aliphatic heterocycles. The third-order valence-electron chi connectivity index (χ3n) is 1.98. The van der Waals surface area contributed by atoms with E-state index in [1.165, 1.54) is 19.2 Å². The summed E-state index contributed by atoms with van der Waals surface area (Å²) in [6, 6.07) is 4.24. The Balaban J connectivity index is 3.01. The SMILES string of the molecule is COCC(C(=O)O)c1ccc(Br)c(F)c1. The van der Waals surface area contributed by atoms with Crippen molar-refractivity contribution in [3.05, 3.63) is 34.1 Å². The van der Waals surface area contributed by atoms with E-state index in [1.807, 2.05) is 0 Å².